The number of hydrogen-bond donors (Lipinski definition) is 2. The molecule has 0 aromatic heterocycles. The third kappa shape index (κ3) is 8.67. The molecule has 1 aromatic carbocycles. The Hall–Kier alpha value is -3.23. The van der Waals surface area contributed by atoms with Crippen molar-refractivity contribution >= 4 is 11.8 Å². The minimum Gasteiger partial charge on any atom is -0.465 e. The van der Waals surface area contributed by atoms with Crippen molar-refractivity contribution in [2.45, 2.75) is 46.9 Å². The van der Waals surface area contributed by atoms with Gasteiger partial charge in [0, 0.05) is 24.7 Å². The first-order chi connectivity index (χ1) is 15.3. The maximum atomic E-state index is 12.5. The molecular weight excluding hydrogens is 435 g/mol. The topological polar surface area (TPSA) is 74.6 Å². The Balaban J connectivity index is 0.000000675. The quantitative estimate of drug-likeness (QED) is 0.410. The van der Waals surface area contributed by atoms with E-state index in [0.717, 1.165) is 25.5 Å². The van der Waals surface area contributed by atoms with Crippen molar-refractivity contribution < 1.29 is 27.4 Å². The molecule has 1 aromatic rings. The summed E-state index contributed by atoms with van der Waals surface area (Å²) in [6.07, 6.45) is 0.885. The summed E-state index contributed by atoms with van der Waals surface area (Å²) in [7, 11) is 2.74. The van der Waals surface area contributed by atoms with Crippen molar-refractivity contribution in [3.05, 3.63) is 65.1 Å². The number of hydrogen-bond acceptors (Lipinski definition) is 5. The zero-order valence-corrected chi connectivity index (χ0v) is 19.9. The molecule has 2 N–H and O–H groups in total. The minimum atomic E-state index is -4.93. The second-order valence-corrected chi connectivity index (χ2v) is 7.71. The van der Waals surface area contributed by atoms with Gasteiger partial charge < -0.3 is 19.7 Å². The third-order valence-corrected chi connectivity index (χ3v) is 4.62. The summed E-state index contributed by atoms with van der Waals surface area (Å²) < 4.78 is 46.0. The number of rotatable bonds is 6. The molecule has 1 aliphatic heterocycles. The molecule has 2 rings (SSSR count). The minimum absolute atomic E-state index is 0.210. The second-order valence-electron chi connectivity index (χ2n) is 7.71. The normalized spacial score (nSPS) is 14.3. The molecule has 0 saturated carbocycles. The monoisotopic (exact) mass is 467 g/mol. The van der Waals surface area contributed by atoms with Crippen LogP contribution in [0.3, 0.4) is 0 Å². The van der Waals surface area contributed by atoms with Gasteiger partial charge in [-0.2, -0.15) is 0 Å². The van der Waals surface area contributed by atoms with Gasteiger partial charge in [-0.3, -0.25) is 5.41 Å². The Bertz CT molecular complexity index is 935. The third-order valence-electron chi connectivity index (χ3n) is 4.62. The molecule has 0 atom stereocenters. The van der Waals surface area contributed by atoms with Gasteiger partial charge in [-0.25, -0.2) is 4.79 Å². The molecule has 0 fully saturated rings. The van der Waals surface area contributed by atoms with Crippen LogP contribution in [0.5, 0.6) is 5.75 Å². The summed E-state index contributed by atoms with van der Waals surface area (Å²) in [5.74, 6) is -0.109. The summed E-state index contributed by atoms with van der Waals surface area (Å²) >= 11 is 0. The van der Waals surface area contributed by atoms with Crippen LogP contribution in [0.1, 0.15) is 50.0 Å². The fraction of sp³-hybridized carbons (Fsp3) is 0.417. The summed E-state index contributed by atoms with van der Waals surface area (Å²) in [4.78, 5) is 13.4. The van der Waals surface area contributed by atoms with Crippen molar-refractivity contribution in [2.75, 3.05) is 14.2 Å². The SMILES string of the molecule is C=C1NC(C)=C(Cc2ccc(OC(F)(F)F)c(C(=O)OC)c2)C(=N)N1C.CC/C=C/C(C)C. The van der Waals surface area contributed by atoms with Crippen LogP contribution in [0.4, 0.5) is 13.2 Å². The lowest BCUT2D eigenvalue weighted by atomic mass is 9.98. The highest BCUT2D eigenvalue weighted by Crippen LogP contribution is 2.29. The number of halogens is 3. The molecule has 1 aliphatic rings. The zero-order valence-electron chi connectivity index (χ0n) is 19.9. The predicted molar refractivity (Wildman–Crippen MR) is 123 cm³/mol. The summed E-state index contributed by atoms with van der Waals surface area (Å²) in [6, 6.07) is 3.74. The van der Waals surface area contributed by atoms with Crippen molar-refractivity contribution in [3.63, 3.8) is 0 Å². The lowest BCUT2D eigenvalue weighted by Crippen LogP contribution is -2.39. The van der Waals surface area contributed by atoms with Crippen LogP contribution in [0.25, 0.3) is 0 Å². The Morgan fingerprint density at radius 3 is 2.45 bits per heavy atom. The highest BCUT2D eigenvalue weighted by molar-refractivity contribution is 5.99. The number of nitrogens with zero attached hydrogens (tertiary/aromatic N) is 1. The van der Waals surface area contributed by atoms with E-state index >= 15 is 0 Å². The summed E-state index contributed by atoms with van der Waals surface area (Å²) in [5.41, 5.74) is 1.52. The zero-order chi connectivity index (χ0) is 25.3. The molecule has 0 unspecified atom stereocenters. The van der Waals surface area contributed by atoms with Gasteiger partial charge in [0.25, 0.3) is 0 Å². The second kappa shape index (κ2) is 12.1. The van der Waals surface area contributed by atoms with Gasteiger partial charge in [-0.1, -0.05) is 45.6 Å². The molecule has 6 nitrogen and oxygen atoms in total. The Morgan fingerprint density at radius 2 is 1.97 bits per heavy atom. The standard InChI is InChI=1S/C17H18F3N3O3.C7H14/c1-9-12(15(21)23(3)10(2)22-9)7-11-5-6-14(26-17(18,19)20)13(8-11)16(24)25-4;1-4-5-6-7(2)3/h5-6,8,21-22H,2,7H2,1,3-4H3;5-7H,4H2,1-3H3/b;6-5+. The van der Waals surface area contributed by atoms with Gasteiger partial charge in [0.1, 0.15) is 23.0 Å². The van der Waals surface area contributed by atoms with E-state index in [4.69, 9.17) is 5.41 Å². The van der Waals surface area contributed by atoms with E-state index < -0.39 is 18.1 Å². The summed E-state index contributed by atoms with van der Waals surface area (Å²) in [6.45, 7) is 12.1. The van der Waals surface area contributed by atoms with Crippen molar-refractivity contribution in [1.82, 2.24) is 10.2 Å². The first-order valence-corrected chi connectivity index (χ1v) is 10.4. The molecular formula is C24H32F3N3O3. The van der Waals surface area contributed by atoms with E-state index in [2.05, 4.69) is 54.3 Å². The van der Waals surface area contributed by atoms with Crippen LogP contribution in [-0.4, -0.2) is 37.2 Å². The molecule has 1 heterocycles. The van der Waals surface area contributed by atoms with Crippen molar-refractivity contribution in [2.24, 2.45) is 5.92 Å². The number of nitrogens with one attached hydrogen (secondary N) is 2. The Morgan fingerprint density at radius 1 is 1.33 bits per heavy atom. The maximum absolute atomic E-state index is 12.5. The van der Waals surface area contributed by atoms with E-state index in [1.807, 2.05) is 0 Å². The van der Waals surface area contributed by atoms with E-state index in [9.17, 15) is 18.0 Å². The van der Waals surface area contributed by atoms with Crippen LogP contribution >= 0.6 is 0 Å². The largest absolute Gasteiger partial charge is 0.573 e. The van der Waals surface area contributed by atoms with Gasteiger partial charge in [0.15, 0.2) is 0 Å². The molecule has 9 heteroatoms. The molecule has 0 aliphatic carbocycles. The molecule has 0 spiro atoms. The number of ether oxygens (including phenoxy) is 2. The molecule has 0 saturated heterocycles. The van der Waals surface area contributed by atoms with Crippen LogP contribution in [0, 0.1) is 11.3 Å². The smallest absolute Gasteiger partial charge is 0.465 e. The Labute approximate surface area is 193 Å². The first kappa shape index (κ1) is 27.8. The molecule has 0 amide bonds. The fourth-order valence-electron chi connectivity index (χ4n) is 2.89. The average molecular weight is 468 g/mol. The number of benzene rings is 1. The van der Waals surface area contributed by atoms with Crippen molar-refractivity contribution in [1.29, 1.82) is 5.41 Å². The lowest BCUT2D eigenvalue weighted by Gasteiger charge is -2.31. The van der Waals surface area contributed by atoms with Crippen LogP contribution in [0.2, 0.25) is 0 Å². The van der Waals surface area contributed by atoms with Gasteiger partial charge in [0.2, 0.25) is 0 Å². The number of likely N-dealkylation sites (N-methyl/N-ethyl adjacent to an activating group) is 1. The molecule has 0 bridgehead atoms. The van der Waals surface area contributed by atoms with Crippen molar-refractivity contribution in [3.8, 4) is 5.75 Å². The van der Waals surface area contributed by atoms with Gasteiger partial charge >= 0.3 is 12.3 Å². The number of alkyl halides is 3. The predicted octanol–water partition coefficient (Wildman–Crippen LogP) is 5.78. The number of carbonyl (C=O) groups is 1. The number of carbonyl (C=O) groups excluding carboxylic acids is 1. The number of esters is 1. The van der Waals surface area contributed by atoms with Crippen LogP contribution in [-0.2, 0) is 11.2 Å². The van der Waals surface area contributed by atoms with Crippen LogP contribution < -0.4 is 10.1 Å². The highest BCUT2D eigenvalue weighted by Gasteiger charge is 2.33. The fourth-order valence-corrected chi connectivity index (χ4v) is 2.89. The maximum Gasteiger partial charge on any atom is 0.573 e. The lowest BCUT2D eigenvalue weighted by molar-refractivity contribution is -0.274. The van der Waals surface area contributed by atoms with Crippen LogP contribution in [0.15, 0.2) is 54.0 Å². The highest BCUT2D eigenvalue weighted by atomic mass is 19.4. The van der Waals surface area contributed by atoms with Gasteiger partial charge in [-0.15, -0.1) is 13.2 Å². The molecule has 33 heavy (non-hydrogen) atoms. The number of methoxy groups -OCH3 is 1. The van der Waals surface area contributed by atoms with E-state index in [1.54, 1.807) is 18.9 Å². The van der Waals surface area contributed by atoms with Gasteiger partial charge in [0.05, 0.1) is 7.11 Å². The van der Waals surface area contributed by atoms with E-state index in [0.29, 0.717) is 22.7 Å². The Kier molecular flexibility index (Phi) is 10.2. The average Bonchev–Trinajstić information content (AvgIpc) is 2.73. The number of amidine groups is 1. The molecule has 182 valence electrons. The van der Waals surface area contributed by atoms with E-state index in [-0.39, 0.29) is 17.8 Å². The van der Waals surface area contributed by atoms with E-state index in [1.165, 1.54) is 12.1 Å². The first-order valence-electron chi connectivity index (χ1n) is 10.4. The van der Waals surface area contributed by atoms with Gasteiger partial charge in [-0.05, 0) is 37.0 Å². The molecule has 0 radical (unpaired) electrons. The number of allylic oxidation sites excluding steroid dienone is 3. The summed E-state index contributed by atoms with van der Waals surface area (Å²) in [5, 5.41) is 11.2.